The minimum absolute atomic E-state index is 0.00457. The number of amides is 3. The Kier molecular flexibility index (Phi) is 11.9. The molecule has 0 aliphatic rings. The van der Waals surface area contributed by atoms with E-state index in [0.29, 0.717) is 12.8 Å². The fourth-order valence-electron chi connectivity index (χ4n) is 3.18. The highest BCUT2D eigenvalue weighted by molar-refractivity contribution is 7.80. The van der Waals surface area contributed by atoms with Crippen LogP contribution in [-0.2, 0) is 25.6 Å². The van der Waals surface area contributed by atoms with Crippen molar-refractivity contribution in [2.24, 2.45) is 17.6 Å². The summed E-state index contributed by atoms with van der Waals surface area (Å²) in [7, 11) is 0. The molecule has 0 aliphatic carbocycles. The van der Waals surface area contributed by atoms with Gasteiger partial charge in [-0.15, -0.1) is 0 Å². The van der Waals surface area contributed by atoms with E-state index >= 15 is 0 Å². The van der Waals surface area contributed by atoms with Gasteiger partial charge in [0.1, 0.15) is 18.1 Å². The first-order chi connectivity index (χ1) is 15.5. The predicted molar refractivity (Wildman–Crippen MR) is 130 cm³/mol. The summed E-state index contributed by atoms with van der Waals surface area (Å²) in [6.07, 6.45) is 0.598. The standard InChI is InChI=1S/C23H36N4O5S/c1-13(2)10-17(21(29)27-19(14(3)4)23(31)32)25-22(30)18(12-33)26-20(28)16(24)11-15-8-6-5-7-9-15/h5-9,13-14,16-19,33H,10-12,24H2,1-4H3,(H,25,30)(H,26,28)(H,27,29)(H,31,32). The fourth-order valence-corrected chi connectivity index (χ4v) is 3.43. The molecule has 184 valence electrons. The number of nitrogens with two attached hydrogens (primary N) is 1. The molecule has 0 aromatic heterocycles. The summed E-state index contributed by atoms with van der Waals surface area (Å²) in [5, 5.41) is 17.1. The molecule has 6 N–H and O–H groups in total. The smallest absolute Gasteiger partial charge is 0.326 e. The zero-order valence-electron chi connectivity index (χ0n) is 19.6. The number of carboxylic acid groups (broad SMARTS) is 1. The second-order valence-electron chi connectivity index (χ2n) is 8.80. The van der Waals surface area contributed by atoms with E-state index < -0.39 is 47.9 Å². The highest BCUT2D eigenvalue weighted by atomic mass is 32.1. The van der Waals surface area contributed by atoms with E-state index in [1.807, 2.05) is 44.2 Å². The molecule has 4 atom stereocenters. The predicted octanol–water partition coefficient (Wildman–Crippen LogP) is 0.727. The zero-order chi connectivity index (χ0) is 25.1. The molecule has 0 bridgehead atoms. The lowest BCUT2D eigenvalue weighted by molar-refractivity contribution is -0.143. The van der Waals surface area contributed by atoms with E-state index in [9.17, 15) is 24.3 Å². The summed E-state index contributed by atoms with van der Waals surface area (Å²) >= 11 is 4.16. The summed E-state index contributed by atoms with van der Waals surface area (Å²) in [6, 6.07) is 5.34. The van der Waals surface area contributed by atoms with E-state index in [2.05, 4.69) is 28.6 Å². The zero-order valence-corrected chi connectivity index (χ0v) is 20.5. The van der Waals surface area contributed by atoms with E-state index in [1.165, 1.54) is 0 Å². The quantitative estimate of drug-likeness (QED) is 0.229. The molecule has 1 rings (SSSR count). The average molecular weight is 481 g/mol. The molecular weight excluding hydrogens is 444 g/mol. The van der Waals surface area contributed by atoms with Crippen LogP contribution in [-0.4, -0.2) is 58.7 Å². The summed E-state index contributed by atoms with van der Waals surface area (Å²) in [5.74, 6) is -3.14. The van der Waals surface area contributed by atoms with E-state index in [1.54, 1.807) is 13.8 Å². The van der Waals surface area contributed by atoms with Gasteiger partial charge in [0.05, 0.1) is 6.04 Å². The minimum atomic E-state index is -1.15. The number of thiol groups is 1. The lowest BCUT2D eigenvalue weighted by Gasteiger charge is -2.26. The van der Waals surface area contributed by atoms with Crippen LogP contribution >= 0.6 is 12.6 Å². The molecule has 0 aliphatic heterocycles. The monoisotopic (exact) mass is 480 g/mol. The van der Waals surface area contributed by atoms with Gasteiger partial charge < -0.3 is 26.8 Å². The first-order valence-electron chi connectivity index (χ1n) is 11.0. The number of aliphatic carboxylic acids is 1. The van der Waals surface area contributed by atoms with Crippen molar-refractivity contribution >= 4 is 36.3 Å². The number of hydrogen-bond donors (Lipinski definition) is 6. The van der Waals surface area contributed by atoms with Crippen LogP contribution in [0.4, 0.5) is 0 Å². The Hall–Kier alpha value is -2.59. The second kappa shape index (κ2) is 13.8. The Balaban J connectivity index is 2.83. The van der Waals surface area contributed by atoms with Gasteiger partial charge in [0, 0.05) is 5.75 Å². The van der Waals surface area contributed by atoms with Gasteiger partial charge in [-0.25, -0.2) is 4.79 Å². The van der Waals surface area contributed by atoms with Crippen molar-refractivity contribution in [3.63, 3.8) is 0 Å². The largest absolute Gasteiger partial charge is 0.480 e. The third kappa shape index (κ3) is 9.83. The fraction of sp³-hybridized carbons (Fsp3) is 0.565. The SMILES string of the molecule is CC(C)CC(NC(=O)C(CS)NC(=O)C(N)Cc1ccccc1)C(=O)NC(C(=O)O)C(C)C. The molecule has 0 fully saturated rings. The first kappa shape index (κ1) is 28.4. The Morgan fingerprint density at radius 1 is 0.909 bits per heavy atom. The molecular formula is C23H36N4O5S. The molecule has 9 nitrogen and oxygen atoms in total. The molecule has 0 spiro atoms. The molecule has 33 heavy (non-hydrogen) atoms. The molecule has 10 heteroatoms. The van der Waals surface area contributed by atoms with Gasteiger partial charge >= 0.3 is 5.97 Å². The third-order valence-corrected chi connectivity index (χ3v) is 5.39. The Morgan fingerprint density at radius 3 is 1.94 bits per heavy atom. The average Bonchev–Trinajstić information content (AvgIpc) is 2.74. The van der Waals surface area contributed by atoms with Crippen molar-refractivity contribution in [2.75, 3.05) is 5.75 Å². The Labute approximate surface area is 200 Å². The molecule has 0 saturated heterocycles. The summed E-state index contributed by atoms with van der Waals surface area (Å²) in [6.45, 7) is 7.12. The van der Waals surface area contributed by atoms with Crippen LogP contribution in [0.3, 0.4) is 0 Å². The van der Waals surface area contributed by atoms with Crippen molar-refractivity contribution in [1.29, 1.82) is 0 Å². The number of nitrogens with one attached hydrogen (secondary N) is 3. The van der Waals surface area contributed by atoms with E-state index in [-0.39, 0.29) is 17.6 Å². The van der Waals surface area contributed by atoms with Gasteiger partial charge in [0.25, 0.3) is 0 Å². The van der Waals surface area contributed by atoms with Crippen LogP contribution in [0.15, 0.2) is 30.3 Å². The van der Waals surface area contributed by atoms with Crippen molar-refractivity contribution < 1.29 is 24.3 Å². The topological polar surface area (TPSA) is 151 Å². The van der Waals surface area contributed by atoms with Gasteiger partial charge in [0.2, 0.25) is 17.7 Å². The molecule has 1 aromatic carbocycles. The maximum Gasteiger partial charge on any atom is 0.326 e. The van der Waals surface area contributed by atoms with E-state index in [0.717, 1.165) is 5.56 Å². The van der Waals surface area contributed by atoms with Crippen LogP contribution in [0, 0.1) is 11.8 Å². The van der Waals surface area contributed by atoms with Gasteiger partial charge in [-0.05, 0) is 30.2 Å². The van der Waals surface area contributed by atoms with Crippen LogP contribution in [0.5, 0.6) is 0 Å². The number of carboxylic acids is 1. The van der Waals surface area contributed by atoms with E-state index in [4.69, 9.17) is 5.73 Å². The number of rotatable bonds is 13. The van der Waals surface area contributed by atoms with Crippen molar-refractivity contribution in [2.45, 2.75) is 64.7 Å². The number of carbonyl (C=O) groups excluding carboxylic acids is 3. The van der Waals surface area contributed by atoms with Gasteiger partial charge in [0.15, 0.2) is 0 Å². The van der Waals surface area contributed by atoms with Crippen LogP contribution in [0.1, 0.15) is 39.7 Å². The summed E-state index contributed by atoms with van der Waals surface area (Å²) < 4.78 is 0. The van der Waals surface area contributed by atoms with Crippen LogP contribution in [0.2, 0.25) is 0 Å². The maximum atomic E-state index is 12.8. The molecule has 4 unspecified atom stereocenters. The van der Waals surface area contributed by atoms with Crippen LogP contribution in [0.25, 0.3) is 0 Å². The van der Waals surface area contributed by atoms with Crippen molar-refractivity contribution in [1.82, 2.24) is 16.0 Å². The molecule has 0 saturated carbocycles. The van der Waals surface area contributed by atoms with Gasteiger partial charge in [-0.1, -0.05) is 58.0 Å². The van der Waals surface area contributed by atoms with Gasteiger partial charge in [-0.3, -0.25) is 14.4 Å². The minimum Gasteiger partial charge on any atom is -0.480 e. The lowest BCUT2D eigenvalue weighted by Crippen LogP contribution is -2.58. The Bertz CT molecular complexity index is 803. The van der Waals surface area contributed by atoms with Crippen LogP contribution < -0.4 is 21.7 Å². The maximum absolute atomic E-state index is 12.8. The number of carbonyl (C=O) groups is 4. The molecule has 1 aromatic rings. The Morgan fingerprint density at radius 2 is 1.45 bits per heavy atom. The number of hydrogen-bond acceptors (Lipinski definition) is 6. The summed E-state index contributed by atoms with van der Waals surface area (Å²) in [4.78, 5) is 49.6. The highest BCUT2D eigenvalue weighted by Gasteiger charge is 2.31. The molecule has 0 radical (unpaired) electrons. The normalized spacial score (nSPS) is 14.8. The molecule has 3 amide bonds. The second-order valence-corrected chi connectivity index (χ2v) is 9.16. The van der Waals surface area contributed by atoms with Crippen molar-refractivity contribution in [3.05, 3.63) is 35.9 Å². The lowest BCUT2D eigenvalue weighted by atomic mass is 10.00. The molecule has 0 heterocycles. The first-order valence-corrected chi connectivity index (χ1v) is 11.6. The van der Waals surface area contributed by atoms with Gasteiger partial charge in [-0.2, -0.15) is 12.6 Å². The third-order valence-electron chi connectivity index (χ3n) is 5.02. The number of benzene rings is 1. The highest BCUT2D eigenvalue weighted by Crippen LogP contribution is 2.09. The summed E-state index contributed by atoms with van der Waals surface area (Å²) in [5.41, 5.74) is 6.88. The van der Waals surface area contributed by atoms with Crippen molar-refractivity contribution in [3.8, 4) is 0 Å².